The van der Waals surface area contributed by atoms with E-state index in [2.05, 4.69) is 264 Å². The fraction of sp³-hybridized carbons (Fsp3) is 0.0159. The molecule has 0 bridgehead atoms. The summed E-state index contributed by atoms with van der Waals surface area (Å²) in [4.78, 5) is 2.40. The summed E-state index contributed by atoms with van der Waals surface area (Å²) in [6, 6.07) is 93.7. The van der Waals surface area contributed by atoms with E-state index in [0.717, 1.165) is 22.7 Å². The zero-order chi connectivity index (χ0) is 42.9. The molecule has 0 unspecified atom stereocenters. The molecule has 1 heterocycles. The summed E-state index contributed by atoms with van der Waals surface area (Å²) in [6.45, 7) is 0. The van der Waals surface area contributed by atoms with E-state index in [9.17, 15) is 0 Å². The van der Waals surface area contributed by atoms with Crippen molar-refractivity contribution in [3.05, 3.63) is 277 Å². The van der Waals surface area contributed by atoms with E-state index in [-0.39, 0.29) is 0 Å². The van der Waals surface area contributed by atoms with Gasteiger partial charge in [0.15, 0.2) is 0 Å². The minimum absolute atomic E-state index is 0.472. The van der Waals surface area contributed by atoms with Gasteiger partial charge < -0.3 is 9.47 Å². The molecule has 0 atom stereocenters. The van der Waals surface area contributed by atoms with Crippen LogP contribution in [0.1, 0.15) is 22.3 Å². The maximum absolute atomic E-state index is 2.47. The summed E-state index contributed by atoms with van der Waals surface area (Å²) in [5.41, 5.74) is 16.5. The average Bonchev–Trinajstić information content (AvgIpc) is 3.87. The minimum atomic E-state index is -0.472. The fourth-order valence-electron chi connectivity index (χ4n) is 11.0. The summed E-state index contributed by atoms with van der Waals surface area (Å²) >= 11 is 0. The third-order valence-electron chi connectivity index (χ3n) is 13.8. The smallest absolute Gasteiger partial charge is 0.0714 e. The first-order chi connectivity index (χ1) is 32.3. The van der Waals surface area contributed by atoms with Crippen LogP contribution in [0.25, 0.3) is 71.3 Å². The van der Waals surface area contributed by atoms with Crippen molar-refractivity contribution >= 4 is 60.4 Å². The molecule has 0 saturated carbocycles. The number of aromatic nitrogens is 1. The first-order valence-electron chi connectivity index (χ1n) is 22.5. The number of benzene rings is 11. The monoisotopic (exact) mass is 826 g/mol. The molecule has 0 spiro atoms. The number of hydrogen-bond donors (Lipinski definition) is 0. The van der Waals surface area contributed by atoms with Crippen LogP contribution < -0.4 is 4.90 Å². The van der Waals surface area contributed by atoms with Gasteiger partial charge in [-0.15, -0.1) is 0 Å². The van der Waals surface area contributed by atoms with Crippen LogP contribution >= 0.6 is 0 Å². The molecule has 12 aromatic rings. The minimum Gasteiger partial charge on any atom is -0.310 e. The molecule has 1 aromatic heterocycles. The lowest BCUT2D eigenvalue weighted by atomic mass is 9.67. The summed E-state index contributed by atoms with van der Waals surface area (Å²) in [5, 5.41) is 7.43. The van der Waals surface area contributed by atoms with Crippen LogP contribution in [0.4, 0.5) is 17.1 Å². The van der Waals surface area contributed by atoms with E-state index in [0.29, 0.717) is 0 Å². The van der Waals surface area contributed by atoms with Gasteiger partial charge in [-0.25, -0.2) is 0 Å². The normalized spacial score (nSPS) is 12.7. The van der Waals surface area contributed by atoms with Crippen LogP contribution in [-0.4, -0.2) is 4.57 Å². The Morgan fingerprint density at radius 2 is 0.877 bits per heavy atom. The number of fused-ring (bicyclic) bond motifs is 9. The Labute approximate surface area is 378 Å². The molecule has 0 saturated heterocycles. The molecule has 0 fully saturated rings. The highest BCUT2D eigenvalue weighted by Gasteiger charge is 2.46. The highest BCUT2D eigenvalue weighted by atomic mass is 15.1. The van der Waals surface area contributed by atoms with Crippen molar-refractivity contribution in [2.45, 2.75) is 5.41 Å². The average molecular weight is 827 g/mol. The van der Waals surface area contributed by atoms with Crippen LogP contribution in [0.3, 0.4) is 0 Å². The van der Waals surface area contributed by atoms with Crippen molar-refractivity contribution in [2.75, 3.05) is 4.90 Å². The van der Waals surface area contributed by atoms with Crippen molar-refractivity contribution in [2.24, 2.45) is 0 Å². The molecule has 0 amide bonds. The third-order valence-corrected chi connectivity index (χ3v) is 13.8. The zero-order valence-corrected chi connectivity index (χ0v) is 35.6. The van der Waals surface area contributed by atoms with E-state index >= 15 is 0 Å². The van der Waals surface area contributed by atoms with E-state index in [4.69, 9.17) is 0 Å². The highest BCUT2D eigenvalue weighted by Crippen LogP contribution is 2.56. The van der Waals surface area contributed by atoms with Crippen LogP contribution in [0.15, 0.2) is 255 Å². The lowest BCUT2D eigenvalue weighted by Gasteiger charge is -2.34. The number of rotatable bonds is 7. The highest BCUT2D eigenvalue weighted by molar-refractivity contribution is 6.15. The molecule has 11 aromatic carbocycles. The van der Waals surface area contributed by atoms with Gasteiger partial charge in [0.1, 0.15) is 0 Å². The van der Waals surface area contributed by atoms with Gasteiger partial charge >= 0.3 is 0 Å². The molecular weight excluding hydrogens is 785 g/mol. The number of nitrogens with zero attached hydrogens (tertiary/aromatic N) is 2. The second-order valence-corrected chi connectivity index (χ2v) is 17.2. The molecule has 1 aliphatic rings. The summed E-state index contributed by atoms with van der Waals surface area (Å²) in [6.07, 6.45) is 0. The predicted molar refractivity (Wildman–Crippen MR) is 273 cm³/mol. The number of para-hydroxylation sites is 2. The zero-order valence-electron chi connectivity index (χ0n) is 35.6. The quantitative estimate of drug-likeness (QED) is 0.145. The van der Waals surface area contributed by atoms with Gasteiger partial charge in [-0.3, -0.25) is 0 Å². The van der Waals surface area contributed by atoms with E-state index in [1.54, 1.807) is 0 Å². The molecule has 304 valence electrons. The van der Waals surface area contributed by atoms with Gasteiger partial charge in [0.2, 0.25) is 0 Å². The van der Waals surface area contributed by atoms with Gasteiger partial charge in [-0.2, -0.15) is 0 Å². The molecule has 2 heteroatoms. The predicted octanol–water partition coefficient (Wildman–Crippen LogP) is 16.6. The molecule has 1 aliphatic carbocycles. The van der Waals surface area contributed by atoms with Crippen LogP contribution in [0.5, 0.6) is 0 Å². The Morgan fingerprint density at radius 1 is 0.323 bits per heavy atom. The Hall–Kier alpha value is -8.46. The van der Waals surface area contributed by atoms with Gasteiger partial charge in [-0.05, 0) is 121 Å². The molecule has 65 heavy (non-hydrogen) atoms. The lowest BCUT2D eigenvalue weighted by molar-refractivity contribution is 0.767. The topological polar surface area (TPSA) is 8.17 Å². The van der Waals surface area contributed by atoms with Crippen molar-refractivity contribution in [3.8, 4) is 27.9 Å². The summed E-state index contributed by atoms with van der Waals surface area (Å²) < 4.78 is 2.47. The van der Waals surface area contributed by atoms with Crippen LogP contribution in [0.2, 0.25) is 0 Å². The maximum Gasteiger partial charge on any atom is 0.0714 e. The fourth-order valence-corrected chi connectivity index (χ4v) is 11.0. The Balaban J connectivity index is 0.947. The van der Waals surface area contributed by atoms with E-state index in [1.165, 1.54) is 87.9 Å². The Morgan fingerprint density at radius 3 is 1.63 bits per heavy atom. The Bertz CT molecular complexity index is 3720. The van der Waals surface area contributed by atoms with Gasteiger partial charge in [0, 0.05) is 33.2 Å². The number of anilines is 3. The molecule has 0 radical (unpaired) electrons. The first-order valence-corrected chi connectivity index (χ1v) is 22.5. The van der Waals surface area contributed by atoms with Crippen molar-refractivity contribution in [1.29, 1.82) is 0 Å². The van der Waals surface area contributed by atoms with E-state index < -0.39 is 5.41 Å². The van der Waals surface area contributed by atoms with Crippen molar-refractivity contribution < 1.29 is 0 Å². The molecule has 0 aliphatic heterocycles. The molecule has 13 rings (SSSR count). The van der Waals surface area contributed by atoms with Crippen LogP contribution in [-0.2, 0) is 5.41 Å². The number of hydrogen-bond acceptors (Lipinski definition) is 1. The van der Waals surface area contributed by atoms with Gasteiger partial charge in [-0.1, -0.05) is 194 Å². The molecular formula is C63H42N2. The van der Waals surface area contributed by atoms with Crippen molar-refractivity contribution in [3.63, 3.8) is 0 Å². The van der Waals surface area contributed by atoms with Crippen LogP contribution in [0, 0.1) is 0 Å². The SMILES string of the molecule is c1ccc(N(c2ccc(-c3ccc4c(c3)c3ccccc3n4-c3ccc4c(c3)C(c3ccccc3)(c3ccccc3)c3ccccc3-4)cc2)c2cc3ccccc3c3ccccc23)cc1. The standard InChI is InChI=1S/C63H42N2/c1-4-19-46(20-5-1)63(47-21-6-2-7-22-47)58-30-16-14-27-53(58)54-38-37-50(42-59(54)63)65-60-31-17-15-29-56(60)57-40-44(34-39-61(57)65)43-32-35-49(36-33-43)64(48-23-8-3-9-24-48)62-41-45-18-10-11-25-51(45)52-26-12-13-28-55(52)62/h1-42H. The second-order valence-electron chi connectivity index (χ2n) is 17.2. The Kier molecular flexibility index (Phi) is 8.47. The third kappa shape index (κ3) is 5.67. The first kappa shape index (κ1) is 37.1. The lowest BCUT2D eigenvalue weighted by Crippen LogP contribution is -2.28. The molecule has 2 nitrogen and oxygen atoms in total. The van der Waals surface area contributed by atoms with Crippen molar-refractivity contribution in [1.82, 2.24) is 4.57 Å². The second kappa shape index (κ2) is 14.8. The maximum atomic E-state index is 2.47. The van der Waals surface area contributed by atoms with Gasteiger partial charge in [0.25, 0.3) is 0 Å². The summed E-state index contributed by atoms with van der Waals surface area (Å²) in [5.74, 6) is 0. The summed E-state index contributed by atoms with van der Waals surface area (Å²) in [7, 11) is 0. The van der Waals surface area contributed by atoms with E-state index in [1.807, 2.05) is 0 Å². The molecule has 0 N–H and O–H groups in total. The largest absolute Gasteiger partial charge is 0.310 e. The van der Waals surface area contributed by atoms with Gasteiger partial charge in [0.05, 0.1) is 22.1 Å².